The second kappa shape index (κ2) is 11.9. The van der Waals surface area contributed by atoms with E-state index < -0.39 is 15.1 Å². The first-order valence-corrected chi connectivity index (χ1v) is 15.0. The molecule has 0 aliphatic heterocycles. The summed E-state index contributed by atoms with van der Waals surface area (Å²) >= 11 is 0. The van der Waals surface area contributed by atoms with Crippen molar-refractivity contribution < 1.29 is 19.2 Å². The minimum atomic E-state index is -4.64. The van der Waals surface area contributed by atoms with Crippen LogP contribution in [0.5, 0.6) is 0 Å². The molecule has 6 heteroatoms. The van der Waals surface area contributed by atoms with E-state index in [4.69, 9.17) is 19.2 Å². The summed E-state index contributed by atoms with van der Waals surface area (Å²) in [5.41, 5.74) is 0.769. The molecule has 0 atom stereocenters. The Kier molecular flexibility index (Phi) is 9.22. The standard InChI is InChI=1S/C26H31P.H3O4P/c1-2-7-15-23(16-8-3-1)27(24-17-9-4-10-18-24,25-19-11-5-12-20-25)26-21-13-6-14-22-26;1-5(2,3)4/h4-6,9-14,17-23,27H,1-3,7-8,15-16H2;(H3,1,2,3,4). The van der Waals surface area contributed by atoms with E-state index in [-0.39, 0.29) is 0 Å². The maximum atomic E-state index is 8.88. The number of hydrogen-bond donors (Lipinski definition) is 3. The molecule has 3 N–H and O–H groups in total. The van der Waals surface area contributed by atoms with E-state index >= 15 is 0 Å². The third-order valence-corrected chi connectivity index (χ3v) is 11.9. The van der Waals surface area contributed by atoms with Crippen molar-refractivity contribution >= 4 is 31.0 Å². The molecule has 0 unspecified atom stereocenters. The van der Waals surface area contributed by atoms with Crippen LogP contribution in [0.15, 0.2) is 91.0 Å². The van der Waals surface area contributed by atoms with Crippen LogP contribution >= 0.6 is 15.1 Å². The Hall–Kier alpha value is -1.80. The van der Waals surface area contributed by atoms with E-state index in [1.165, 1.54) is 44.9 Å². The van der Waals surface area contributed by atoms with E-state index in [0.29, 0.717) is 0 Å². The third kappa shape index (κ3) is 6.61. The number of hydrogen-bond acceptors (Lipinski definition) is 1. The van der Waals surface area contributed by atoms with Gasteiger partial charge < -0.3 is 14.7 Å². The van der Waals surface area contributed by atoms with Gasteiger partial charge in [0.2, 0.25) is 0 Å². The van der Waals surface area contributed by atoms with Crippen molar-refractivity contribution in [2.45, 2.75) is 50.6 Å². The summed E-state index contributed by atoms with van der Waals surface area (Å²) in [4.78, 5) is 21.6. The molecule has 3 aromatic carbocycles. The van der Waals surface area contributed by atoms with E-state index in [2.05, 4.69) is 91.0 Å². The topological polar surface area (TPSA) is 77.8 Å². The molecule has 0 radical (unpaired) electrons. The molecule has 0 heterocycles. The number of benzene rings is 3. The van der Waals surface area contributed by atoms with Crippen molar-refractivity contribution in [3.05, 3.63) is 91.0 Å². The normalized spacial score (nSPS) is 16.2. The van der Waals surface area contributed by atoms with E-state index in [0.717, 1.165) is 5.66 Å². The van der Waals surface area contributed by atoms with Crippen LogP contribution < -0.4 is 15.9 Å². The Morgan fingerprint density at radius 2 is 0.844 bits per heavy atom. The van der Waals surface area contributed by atoms with Crippen LogP contribution in [0, 0.1) is 0 Å². The summed E-state index contributed by atoms with van der Waals surface area (Å²) in [5, 5.41) is 4.73. The molecule has 1 saturated carbocycles. The fraction of sp³-hybridized carbons (Fsp3) is 0.308. The molecule has 0 aromatic heterocycles. The SMILES string of the molecule is O=P(O)(O)O.c1ccc([PH](c2ccccc2)(c2ccccc2)C2CCCCCCC2)cc1. The average molecular weight is 473 g/mol. The van der Waals surface area contributed by atoms with E-state index in [9.17, 15) is 0 Å². The second-order valence-electron chi connectivity index (χ2n) is 8.46. The first kappa shape index (κ1) is 24.8. The van der Waals surface area contributed by atoms with Gasteiger partial charge in [-0.05, 0) is 0 Å². The van der Waals surface area contributed by atoms with Gasteiger partial charge in [0.25, 0.3) is 0 Å². The quantitative estimate of drug-likeness (QED) is 0.472. The Balaban J connectivity index is 0.000000523. The van der Waals surface area contributed by atoms with Gasteiger partial charge in [-0.25, -0.2) is 4.57 Å². The fourth-order valence-corrected chi connectivity index (χ4v) is 11.0. The summed E-state index contributed by atoms with van der Waals surface area (Å²) in [7, 11) is -6.72. The molecule has 172 valence electrons. The summed E-state index contributed by atoms with van der Waals surface area (Å²) in [6.45, 7) is 0. The van der Waals surface area contributed by atoms with Crippen LogP contribution in [-0.4, -0.2) is 20.3 Å². The van der Waals surface area contributed by atoms with Gasteiger partial charge in [-0.15, -0.1) is 0 Å². The summed E-state index contributed by atoms with van der Waals surface area (Å²) in [5.74, 6) is 0. The van der Waals surface area contributed by atoms with Crippen LogP contribution in [0.1, 0.15) is 44.9 Å². The summed E-state index contributed by atoms with van der Waals surface area (Å²) < 4.78 is 8.88. The van der Waals surface area contributed by atoms with Gasteiger partial charge in [0.05, 0.1) is 0 Å². The molecule has 0 amide bonds. The van der Waals surface area contributed by atoms with Crippen molar-refractivity contribution in [2.24, 2.45) is 0 Å². The predicted octanol–water partition coefficient (Wildman–Crippen LogP) is 4.90. The molecule has 1 aliphatic rings. The first-order valence-electron chi connectivity index (χ1n) is 11.4. The van der Waals surface area contributed by atoms with Crippen molar-refractivity contribution in [1.29, 1.82) is 0 Å². The predicted molar refractivity (Wildman–Crippen MR) is 137 cm³/mol. The van der Waals surface area contributed by atoms with Crippen LogP contribution in [0.25, 0.3) is 0 Å². The summed E-state index contributed by atoms with van der Waals surface area (Å²) in [6, 6.07) is 34.4. The van der Waals surface area contributed by atoms with Gasteiger partial charge in [0.15, 0.2) is 0 Å². The van der Waals surface area contributed by atoms with Gasteiger partial charge in [-0.1, -0.05) is 0 Å². The Morgan fingerprint density at radius 1 is 0.562 bits per heavy atom. The second-order valence-corrected chi connectivity index (χ2v) is 13.7. The molecule has 4 rings (SSSR count). The molecule has 4 nitrogen and oxygen atoms in total. The molecule has 0 spiro atoms. The molecular weight excluding hydrogens is 438 g/mol. The third-order valence-electron chi connectivity index (χ3n) is 6.40. The zero-order valence-electron chi connectivity index (χ0n) is 18.4. The zero-order valence-corrected chi connectivity index (χ0v) is 20.3. The van der Waals surface area contributed by atoms with Crippen LogP contribution in [0.4, 0.5) is 0 Å². The van der Waals surface area contributed by atoms with Crippen LogP contribution in [0.3, 0.4) is 0 Å². The Labute approximate surface area is 191 Å². The van der Waals surface area contributed by atoms with Crippen molar-refractivity contribution in [3.8, 4) is 0 Å². The average Bonchev–Trinajstić information content (AvgIpc) is 2.76. The van der Waals surface area contributed by atoms with Crippen molar-refractivity contribution in [1.82, 2.24) is 0 Å². The molecule has 32 heavy (non-hydrogen) atoms. The van der Waals surface area contributed by atoms with Crippen molar-refractivity contribution in [3.63, 3.8) is 0 Å². The molecule has 1 aliphatic carbocycles. The van der Waals surface area contributed by atoms with Crippen LogP contribution in [0.2, 0.25) is 0 Å². The Morgan fingerprint density at radius 3 is 1.16 bits per heavy atom. The molecule has 3 aromatic rings. The van der Waals surface area contributed by atoms with E-state index in [1.54, 1.807) is 15.9 Å². The molecule has 1 fully saturated rings. The summed E-state index contributed by atoms with van der Waals surface area (Å²) in [6.07, 6.45) is 9.72. The monoisotopic (exact) mass is 472 g/mol. The van der Waals surface area contributed by atoms with Crippen LogP contribution in [-0.2, 0) is 4.57 Å². The van der Waals surface area contributed by atoms with Gasteiger partial charge in [-0.3, -0.25) is 0 Å². The zero-order chi connectivity index (χ0) is 22.9. The van der Waals surface area contributed by atoms with Gasteiger partial charge in [-0.2, -0.15) is 0 Å². The van der Waals surface area contributed by atoms with Gasteiger partial charge in [0, 0.05) is 0 Å². The number of phosphoric acid groups is 1. The molecule has 0 saturated heterocycles. The fourth-order valence-electron chi connectivity index (χ4n) is 5.20. The van der Waals surface area contributed by atoms with E-state index in [1.807, 2.05) is 0 Å². The molecular formula is C26H34O4P2. The van der Waals surface area contributed by atoms with Gasteiger partial charge >= 0.3 is 173 Å². The first-order chi connectivity index (χ1) is 15.4. The maximum absolute atomic E-state index is 8.88. The molecule has 0 bridgehead atoms. The van der Waals surface area contributed by atoms with Crippen molar-refractivity contribution in [2.75, 3.05) is 0 Å². The number of rotatable bonds is 4. The Bertz CT molecular complexity index is 862. The minimum absolute atomic E-state index is 0.769. The van der Waals surface area contributed by atoms with Gasteiger partial charge in [0.1, 0.15) is 0 Å².